The van der Waals surface area contributed by atoms with Crippen molar-refractivity contribution in [2.75, 3.05) is 13.1 Å². The van der Waals surface area contributed by atoms with E-state index < -0.39 is 0 Å². The highest BCUT2D eigenvalue weighted by molar-refractivity contribution is 6.42. The van der Waals surface area contributed by atoms with Crippen molar-refractivity contribution < 1.29 is 0 Å². The van der Waals surface area contributed by atoms with Crippen molar-refractivity contribution in [2.24, 2.45) is 11.7 Å². The van der Waals surface area contributed by atoms with Gasteiger partial charge in [0.05, 0.1) is 15.9 Å². The summed E-state index contributed by atoms with van der Waals surface area (Å²) in [5.41, 5.74) is 6.60. The Morgan fingerprint density at radius 1 is 1.33 bits per heavy atom. The highest BCUT2D eigenvalue weighted by Crippen LogP contribution is 2.27. The van der Waals surface area contributed by atoms with Gasteiger partial charge in [-0.15, -0.1) is 0 Å². The van der Waals surface area contributed by atoms with Crippen LogP contribution in [0.15, 0.2) is 18.2 Å². The number of hydrogen-bond donors (Lipinski definition) is 2. The molecule has 0 aliphatic carbocycles. The summed E-state index contributed by atoms with van der Waals surface area (Å²) in [6, 6.07) is 5.73. The predicted molar refractivity (Wildman–Crippen MR) is 76.4 cm³/mol. The minimum Gasteiger partial charge on any atom is -0.387 e. The SMILES string of the molecule is N=C(N)C1CCN(Cc2cccc(Cl)c2Cl)CC1. The second-order valence-electron chi connectivity index (χ2n) is 4.72. The number of piperidine rings is 1. The summed E-state index contributed by atoms with van der Waals surface area (Å²) in [4.78, 5) is 2.33. The highest BCUT2D eigenvalue weighted by atomic mass is 35.5. The lowest BCUT2D eigenvalue weighted by Gasteiger charge is -2.31. The number of nitrogens with one attached hydrogen (secondary N) is 1. The van der Waals surface area contributed by atoms with Crippen LogP contribution >= 0.6 is 23.2 Å². The smallest absolute Gasteiger partial charge is 0.0937 e. The molecule has 98 valence electrons. The Morgan fingerprint density at radius 3 is 2.61 bits per heavy atom. The van der Waals surface area contributed by atoms with Crippen LogP contribution in [-0.2, 0) is 6.54 Å². The molecule has 0 spiro atoms. The predicted octanol–water partition coefficient (Wildman–Crippen LogP) is 3.14. The molecule has 3 N–H and O–H groups in total. The van der Waals surface area contributed by atoms with Gasteiger partial charge in [0.15, 0.2) is 0 Å². The Morgan fingerprint density at radius 2 is 2.00 bits per heavy atom. The zero-order chi connectivity index (χ0) is 13.1. The van der Waals surface area contributed by atoms with Gasteiger partial charge in [-0.1, -0.05) is 35.3 Å². The molecule has 0 saturated carbocycles. The Bertz CT molecular complexity index is 440. The molecular weight excluding hydrogens is 269 g/mol. The van der Waals surface area contributed by atoms with Crippen LogP contribution in [0.5, 0.6) is 0 Å². The molecule has 0 aromatic heterocycles. The maximum Gasteiger partial charge on any atom is 0.0937 e. The molecule has 5 heteroatoms. The monoisotopic (exact) mass is 285 g/mol. The molecule has 1 heterocycles. The van der Waals surface area contributed by atoms with Crippen LogP contribution in [0.2, 0.25) is 10.0 Å². The van der Waals surface area contributed by atoms with Crippen molar-refractivity contribution in [3.63, 3.8) is 0 Å². The van der Waals surface area contributed by atoms with Crippen molar-refractivity contribution in [1.82, 2.24) is 4.90 Å². The van der Waals surface area contributed by atoms with Gasteiger partial charge in [-0.25, -0.2) is 0 Å². The lowest BCUT2D eigenvalue weighted by Crippen LogP contribution is -2.37. The molecule has 1 saturated heterocycles. The molecule has 1 fully saturated rings. The Hall–Kier alpha value is -0.770. The summed E-state index contributed by atoms with van der Waals surface area (Å²) in [5, 5.41) is 8.71. The fourth-order valence-corrected chi connectivity index (χ4v) is 2.69. The number of benzene rings is 1. The third kappa shape index (κ3) is 3.16. The molecule has 1 aromatic carbocycles. The lowest BCUT2D eigenvalue weighted by atomic mass is 9.95. The Labute approximate surface area is 117 Å². The van der Waals surface area contributed by atoms with Gasteiger partial charge < -0.3 is 5.73 Å². The zero-order valence-corrected chi connectivity index (χ0v) is 11.6. The molecule has 1 aliphatic heterocycles. The van der Waals surface area contributed by atoms with Crippen LogP contribution in [0.4, 0.5) is 0 Å². The van der Waals surface area contributed by atoms with E-state index in [4.69, 9.17) is 34.3 Å². The van der Waals surface area contributed by atoms with Crippen molar-refractivity contribution in [3.8, 4) is 0 Å². The maximum atomic E-state index is 7.46. The molecule has 3 nitrogen and oxygen atoms in total. The van der Waals surface area contributed by atoms with Crippen molar-refractivity contribution in [1.29, 1.82) is 5.41 Å². The largest absolute Gasteiger partial charge is 0.387 e. The summed E-state index contributed by atoms with van der Waals surface area (Å²) in [6.07, 6.45) is 1.90. The van der Waals surface area contributed by atoms with E-state index in [1.807, 2.05) is 12.1 Å². The maximum absolute atomic E-state index is 7.46. The van der Waals surface area contributed by atoms with Gasteiger partial charge >= 0.3 is 0 Å². The molecule has 1 aromatic rings. The molecule has 0 amide bonds. The van der Waals surface area contributed by atoms with Crippen LogP contribution in [0, 0.1) is 11.3 Å². The van der Waals surface area contributed by atoms with E-state index in [2.05, 4.69) is 4.90 Å². The van der Waals surface area contributed by atoms with Crippen molar-refractivity contribution >= 4 is 29.0 Å². The molecule has 18 heavy (non-hydrogen) atoms. The molecule has 2 rings (SSSR count). The number of nitrogens with zero attached hydrogens (tertiary/aromatic N) is 1. The second-order valence-corrected chi connectivity index (χ2v) is 5.50. The summed E-state index contributed by atoms with van der Waals surface area (Å²) in [6.45, 7) is 2.71. The van der Waals surface area contributed by atoms with E-state index in [0.717, 1.165) is 38.0 Å². The van der Waals surface area contributed by atoms with Gasteiger partial charge in [0.1, 0.15) is 0 Å². The van der Waals surface area contributed by atoms with E-state index in [-0.39, 0.29) is 5.92 Å². The highest BCUT2D eigenvalue weighted by Gasteiger charge is 2.21. The normalized spacial score (nSPS) is 17.9. The summed E-state index contributed by atoms with van der Waals surface area (Å²) < 4.78 is 0. The number of nitrogens with two attached hydrogens (primary N) is 1. The molecule has 0 unspecified atom stereocenters. The molecular formula is C13H17Cl2N3. The molecule has 0 atom stereocenters. The molecule has 0 bridgehead atoms. The minimum atomic E-state index is 0.246. The lowest BCUT2D eigenvalue weighted by molar-refractivity contribution is 0.201. The Kier molecular flexibility index (Phi) is 4.49. The first-order chi connectivity index (χ1) is 8.58. The number of halogens is 2. The summed E-state index contributed by atoms with van der Waals surface area (Å²) >= 11 is 12.2. The van der Waals surface area contributed by atoms with Gasteiger partial charge in [0, 0.05) is 12.5 Å². The number of likely N-dealkylation sites (tertiary alicyclic amines) is 1. The first-order valence-electron chi connectivity index (χ1n) is 6.07. The number of rotatable bonds is 3. The molecule has 0 radical (unpaired) electrons. The number of hydrogen-bond acceptors (Lipinski definition) is 2. The first-order valence-corrected chi connectivity index (χ1v) is 6.82. The third-order valence-corrected chi connectivity index (χ3v) is 4.31. The van der Waals surface area contributed by atoms with Gasteiger partial charge in [0.25, 0.3) is 0 Å². The van der Waals surface area contributed by atoms with Gasteiger partial charge in [-0.3, -0.25) is 10.3 Å². The summed E-state index contributed by atoms with van der Waals surface area (Å²) in [5.74, 6) is 0.562. The van der Waals surface area contributed by atoms with Crippen molar-refractivity contribution in [2.45, 2.75) is 19.4 Å². The van der Waals surface area contributed by atoms with Crippen LogP contribution in [-0.4, -0.2) is 23.8 Å². The number of amidine groups is 1. The van der Waals surface area contributed by atoms with Crippen LogP contribution < -0.4 is 5.73 Å². The van der Waals surface area contributed by atoms with E-state index in [0.29, 0.717) is 15.9 Å². The average molecular weight is 286 g/mol. The average Bonchev–Trinajstić information content (AvgIpc) is 2.36. The van der Waals surface area contributed by atoms with Crippen LogP contribution in [0.1, 0.15) is 18.4 Å². The fourth-order valence-electron chi connectivity index (χ4n) is 2.31. The van der Waals surface area contributed by atoms with Gasteiger partial charge in [0.2, 0.25) is 0 Å². The van der Waals surface area contributed by atoms with Gasteiger partial charge in [-0.2, -0.15) is 0 Å². The van der Waals surface area contributed by atoms with E-state index >= 15 is 0 Å². The Balaban J connectivity index is 1.96. The van der Waals surface area contributed by atoms with Crippen molar-refractivity contribution in [3.05, 3.63) is 33.8 Å². The third-order valence-electron chi connectivity index (χ3n) is 3.45. The minimum absolute atomic E-state index is 0.246. The van der Waals surface area contributed by atoms with Crippen LogP contribution in [0.3, 0.4) is 0 Å². The fraction of sp³-hybridized carbons (Fsp3) is 0.462. The van der Waals surface area contributed by atoms with Gasteiger partial charge in [-0.05, 0) is 37.6 Å². The summed E-state index contributed by atoms with van der Waals surface area (Å²) in [7, 11) is 0. The molecule has 1 aliphatic rings. The van der Waals surface area contributed by atoms with E-state index in [1.165, 1.54) is 0 Å². The first kappa shape index (κ1) is 13.7. The standard InChI is InChI=1S/C13H17Cl2N3/c14-11-3-1-2-10(12(11)15)8-18-6-4-9(5-7-18)13(16)17/h1-3,9H,4-8H2,(H3,16,17). The quantitative estimate of drug-likeness (QED) is 0.662. The van der Waals surface area contributed by atoms with E-state index in [1.54, 1.807) is 6.07 Å². The topological polar surface area (TPSA) is 53.1 Å². The zero-order valence-electron chi connectivity index (χ0n) is 10.1. The second kappa shape index (κ2) is 5.91. The van der Waals surface area contributed by atoms with Crippen LogP contribution in [0.25, 0.3) is 0 Å². The van der Waals surface area contributed by atoms with E-state index in [9.17, 15) is 0 Å².